The van der Waals surface area contributed by atoms with Gasteiger partial charge in [0.15, 0.2) is 0 Å². The smallest absolute Gasteiger partial charge is 0.744 e. The van der Waals surface area contributed by atoms with Crippen LogP contribution < -0.4 is 0 Å². The molecule has 0 radical (unpaired) electrons. The van der Waals surface area contributed by atoms with Crippen LogP contribution in [-0.4, -0.2) is 128 Å². The van der Waals surface area contributed by atoms with E-state index >= 15 is 0 Å². The summed E-state index contributed by atoms with van der Waals surface area (Å²) >= 11 is 0. The van der Waals surface area contributed by atoms with Gasteiger partial charge in [0, 0.05) is 16.2 Å². The topological polar surface area (TPSA) is 404 Å². The van der Waals surface area contributed by atoms with Crippen molar-refractivity contribution in [1.29, 1.82) is 0 Å². The van der Waals surface area contributed by atoms with E-state index < -0.39 is 123 Å². The van der Waals surface area contributed by atoms with Crippen LogP contribution in [0.1, 0.15) is 0 Å². The van der Waals surface area contributed by atoms with E-state index in [2.05, 4.69) is 0 Å². The summed E-state index contributed by atoms with van der Waals surface area (Å²) in [6.45, 7) is 0. The van der Waals surface area contributed by atoms with E-state index in [9.17, 15) is 93.1 Å². The average molecular weight is 961 g/mol. The van der Waals surface area contributed by atoms with E-state index in [0.717, 1.165) is 54.6 Å². The molecule has 0 amide bonds. The summed E-state index contributed by atoms with van der Waals surface area (Å²) < 4.78 is 200. The van der Waals surface area contributed by atoms with E-state index in [4.69, 9.17) is 0 Å². The minimum atomic E-state index is -5.25. The van der Waals surface area contributed by atoms with E-state index in [-0.39, 0.29) is 50.9 Å². The molecule has 0 bridgehead atoms. The molecule has 0 atom stereocenters. The van der Waals surface area contributed by atoms with Gasteiger partial charge in [0.25, 0.3) is 0 Å². The second-order valence-electron chi connectivity index (χ2n) is 11.0. The summed E-state index contributed by atoms with van der Waals surface area (Å²) in [4.78, 5) is -7.18. The zero-order valence-electron chi connectivity index (χ0n) is 28.5. The predicted octanol–water partition coefficient (Wildman–Crippen LogP) is 0.299. The zero-order chi connectivity index (χ0) is 43.3. The maximum atomic E-state index is 11.2. The van der Waals surface area contributed by atoms with Crippen LogP contribution in [-0.2, 0) is 60.7 Å². The Morgan fingerprint density at radius 1 is 0.305 bits per heavy atom. The number of fused-ring (bicyclic) bond motifs is 3. The quantitative estimate of drug-likeness (QED) is 0.149. The van der Waals surface area contributed by atoms with E-state index in [1.165, 1.54) is 36.4 Å². The van der Waals surface area contributed by atoms with Gasteiger partial charge in [-0.3, -0.25) is 0 Å². The molecule has 6 aromatic carbocycles. The van der Waals surface area contributed by atoms with Crippen LogP contribution in [0, 0.1) is 0 Å². The van der Waals surface area contributed by atoms with Crippen LogP contribution in [0.4, 0.5) is 0 Å². The Bertz CT molecular complexity index is 2970. The molecule has 59 heavy (non-hydrogen) atoms. The van der Waals surface area contributed by atoms with Crippen molar-refractivity contribution in [3.8, 4) is 17.2 Å². The maximum absolute atomic E-state index is 11.2. The van der Waals surface area contributed by atoms with Gasteiger partial charge in [-0.1, -0.05) is 54.6 Å². The van der Waals surface area contributed by atoms with Crippen LogP contribution >= 0.6 is 0 Å². The standard InChI is InChI=1S/3C10H8O7S2.2Al/c3*11-7-3-1-2-6-4-5-8(18(12,13)14)10(9(6)7)19(15,16)17;;/h3*1-5,11H,(H,12,13,14)(H,15,16,17);;/q;;;2*+3/p-6. The first-order valence-electron chi connectivity index (χ1n) is 14.4. The van der Waals surface area contributed by atoms with Crippen molar-refractivity contribution in [2.75, 3.05) is 0 Å². The monoisotopic (exact) mass is 960 g/mol. The fourth-order valence-corrected chi connectivity index (χ4v) is 11.1. The van der Waals surface area contributed by atoms with Gasteiger partial charge in [-0.25, -0.2) is 50.5 Å². The van der Waals surface area contributed by atoms with Crippen molar-refractivity contribution in [2.45, 2.75) is 29.4 Å². The van der Waals surface area contributed by atoms with Crippen LogP contribution in [0.25, 0.3) is 32.3 Å². The SMILES string of the molecule is O=S(=O)([O-])c1ccc2cccc(O)c2c1S(=O)(=O)[O-].O=S(=O)([O-])c1ccc2cccc(O)c2c1S(=O)(=O)[O-].O=S(=O)([O-])c1ccc2cccc(O)c2c1S(=O)(=O)[O-].[Al+3].[Al+3]. The largest absolute Gasteiger partial charge is 3.00 e. The molecule has 0 aliphatic rings. The predicted molar refractivity (Wildman–Crippen MR) is 196 cm³/mol. The van der Waals surface area contributed by atoms with Gasteiger partial charge in [0.2, 0.25) is 0 Å². The van der Waals surface area contributed by atoms with Crippen LogP contribution in [0.2, 0.25) is 0 Å². The average Bonchev–Trinajstić information content (AvgIpc) is 3.05. The Morgan fingerprint density at radius 3 is 0.678 bits per heavy atom. The van der Waals surface area contributed by atoms with Gasteiger partial charge < -0.3 is 42.6 Å². The fraction of sp³-hybridized carbons (Fsp3) is 0. The number of rotatable bonds is 6. The van der Waals surface area contributed by atoms with Crippen molar-refractivity contribution in [3.05, 3.63) is 91.0 Å². The molecule has 0 unspecified atom stereocenters. The van der Waals surface area contributed by atoms with E-state index in [1.54, 1.807) is 0 Å². The molecule has 29 heteroatoms. The van der Waals surface area contributed by atoms with Gasteiger partial charge in [0.1, 0.15) is 78.0 Å². The Hall–Kier alpha value is -3.98. The Labute approximate surface area is 356 Å². The number of aromatic hydroxyl groups is 3. The summed E-state index contributed by atoms with van der Waals surface area (Å²) in [6.07, 6.45) is 0. The fourth-order valence-electron chi connectivity index (χ4n) is 5.26. The Balaban J connectivity index is 0.000000300. The van der Waals surface area contributed by atoms with Crippen molar-refractivity contribution >= 4 is 128 Å². The first-order chi connectivity index (χ1) is 25.9. The van der Waals surface area contributed by atoms with Crippen LogP contribution in [0.5, 0.6) is 17.2 Å². The summed E-state index contributed by atoms with van der Waals surface area (Å²) in [5.74, 6) is -1.80. The Morgan fingerprint density at radius 2 is 0.508 bits per heavy atom. The molecule has 6 aromatic rings. The molecule has 0 aliphatic heterocycles. The molecule has 6 rings (SSSR count). The molecule has 306 valence electrons. The molecule has 3 N–H and O–H groups in total. The summed E-state index contributed by atoms with van der Waals surface area (Å²) in [5.41, 5.74) is 0. The number of hydrogen-bond acceptors (Lipinski definition) is 21. The van der Waals surface area contributed by atoms with Gasteiger partial charge in [-0.2, -0.15) is 0 Å². The minimum Gasteiger partial charge on any atom is -0.744 e. The third-order valence-electron chi connectivity index (χ3n) is 7.38. The van der Waals surface area contributed by atoms with Crippen LogP contribution in [0.15, 0.2) is 120 Å². The molecule has 21 nitrogen and oxygen atoms in total. The summed E-state index contributed by atoms with van der Waals surface area (Å²) in [7, 11) is -31.3. The van der Waals surface area contributed by atoms with E-state index in [0.29, 0.717) is 0 Å². The molecule has 0 spiro atoms. The van der Waals surface area contributed by atoms with Crippen molar-refractivity contribution < 1.29 is 93.1 Å². The number of benzene rings is 6. The van der Waals surface area contributed by atoms with Gasteiger partial charge in [0.05, 0.1) is 29.4 Å². The van der Waals surface area contributed by atoms with E-state index in [1.807, 2.05) is 0 Å². The number of hydrogen-bond donors (Lipinski definition) is 3. The Kier molecular flexibility index (Phi) is 15.6. The molecular weight excluding hydrogens is 943 g/mol. The first-order valence-corrected chi connectivity index (χ1v) is 22.8. The third-order valence-corrected chi connectivity index (χ3v) is 13.2. The van der Waals surface area contributed by atoms with Crippen molar-refractivity contribution in [3.63, 3.8) is 0 Å². The molecule has 0 fully saturated rings. The van der Waals surface area contributed by atoms with Crippen molar-refractivity contribution in [2.24, 2.45) is 0 Å². The molecule has 0 heterocycles. The van der Waals surface area contributed by atoms with Gasteiger partial charge in [-0.15, -0.1) is 0 Å². The molecular formula is C30H18Al2O21S6. The first kappa shape index (κ1) is 51.2. The molecule has 0 aromatic heterocycles. The number of phenolic OH excluding ortho intramolecular Hbond substituents is 3. The van der Waals surface area contributed by atoms with Crippen LogP contribution in [0.3, 0.4) is 0 Å². The zero-order valence-corrected chi connectivity index (χ0v) is 35.7. The van der Waals surface area contributed by atoms with Gasteiger partial charge >= 0.3 is 34.7 Å². The molecule has 0 aliphatic carbocycles. The number of phenols is 3. The van der Waals surface area contributed by atoms with Crippen molar-refractivity contribution in [1.82, 2.24) is 0 Å². The normalized spacial score (nSPS) is 12.3. The minimum absolute atomic E-state index is 0. The molecule has 0 saturated heterocycles. The summed E-state index contributed by atoms with van der Waals surface area (Å²) in [6, 6.07) is 17.1. The molecule has 0 saturated carbocycles. The van der Waals surface area contributed by atoms with Gasteiger partial charge in [-0.05, 0) is 52.6 Å². The second kappa shape index (κ2) is 17.9. The third kappa shape index (κ3) is 11.4. The summed E-state index contributed by atoms with van der Waals surface area (Å²) in [5, 5.41) is 27.8. The maximum Gasteiger partial charge on any atom is 3.00 e. The second-order valence-corrected chi connectivity index (χ2v) is 19.0.